The second-order valence-corrected chi connectivity index (χ2v) is 3.55. The summed E-state index contributed by atoms with van der Waals surface area (Å²) in [7, 11) is 0. The Hall–Kier alpha value is -3.25. The molecule has 0 saturated carbocycles. The highest BCUT2D eigenvalue weighted by molar-refractivity contribution is 6.04. The summed E-state index contributed by atoms with van der Waals surface area (Å²) in [5.41, 5.74) is -0.0360. The second kappa shape index (κ2) is 4.94. The van der Waals surface area contributed by atoms with Crippen molar-refractivity contribution in [2.45, 2.75) is 0 Å². The Morgan fingerprint density at radius 3 is 2.37 bits per heavy atom. The number of carboxylic acid groups (broad SMARTS) is 1. The Balaban J connectivity index is 2.70. The monoisotopic (exact) mass is 254 g/mol. The molecule has 0 aliphatic carbocycles. The molecule has 0 fully saturated rings. The zero-order chi connectivity index (χ0) is 13.8. The van der Waals surface area contributed by atoms with E-state index >= 15 is 0 Å². The lowest BCUT2D eigenvalue weighted by Gasteiger charge is -2.06. The van der Waals surface area contributed by atoms with Gasteiger partial charge in [-0.3, -0.25) is 0 Å². The number of carboxylic acids is 1. The summed E-state index contributed by atoms with van der Waals surface area (Å²) in [6.45, 7) is 0. The number of fused-ring (bicyclic) bond motifs is 1. The van der Waals surface area contributed by atoms with Crippen LogP contribution >= 0.6 is 0 Å². The van der Waals surface area contributed by atoms with Gasteiger partial charge < -0.3 is 14.6 Å². The maximum absolute atomic E-state index is 11.2. The fourth-order valence-electron chi connectivity index (χ4n) is 1.71. The van der Waals surface area contributed by atoms with Gasteiger partial charge in [-0.15, -0.1) is 10.5 Å². The molecule has 1 N–H and O–H groups in total. The third-order valence-electron chi connectivity index (χ3n) is 2.46. The molecule has 2 rings (SSSR count). The molecule has 0 aliphatic rings. The molecular weight excluding hydrogens is 248 g/mol. The molecule has 2 aromatic carbocycles. The van der Waals surface area contributed by atoms with Gasteiger partial charge in [-0.05, 0) is 29.7 Å². The molecule has 0 atom stereocenters. The number of hydrogen-bond acceptors (Lipinski definition) is 5. The van der Waals surface area contributed by atoms with Crippen molar-refractivity contribution in [1.29, 1.82) is 10.5 Å². The van der Waals surface area contributed by atoms with E-state index in [0.717, 1.165) is 0 Å². The van der Waals surface area contributed by atoms with Crippen LogP contribution in [0, 0.1) is 23.0 Å². The molecule has 6 heteroatoms. The number of benzene rings is 2. The molecular formula is C13H6N2O4. The Labute approximate surface area is 107 Å². The molecule has 0 radical (unpaired) electrons. The van der Waals surface area contributed by atoms with Gasteiger partial charge in [0.1, 0.15) is 11.5 Å². The molecule has 0 amide bonds. The summed E-state index contributed by atoms with van der Waals surface area (Å²) >= 11 is 0. The molecule has 0 saturated heterocycles. The van der Waals surface area contributed by atoms with Gasteiger partial charge in [0.15, 0.2) is 0 Å². The van der Waals surface area contributed by atoms with E-state index in [-0.39, 0.29) is 17.1 Å². The standard InChI is InChI=1S/C13H6N2O4/c14-6-18-9-2-1-8-3-10(19-7-15)5-12(13(16)17)11(8)4-9/h1-5H,(H,16,17). The normalized spacial score (nSPS) is 9.37. The molecule has 0 unspecified atom stereocenters. The average molecular weight is 254 g/mol. The highest BCUT2D eigenvalue weighted by Gasteiger charge is 2.12. The van der Waals surface area contributed by atoms with Crippen molar-refractivity contribution in [3.63, 3.8) is 0 Å². The van der Waals surface area contributed by atoms with Gasteiger partial charge in [0.25, 0.3) is 12.5 Å². The van der Waals surface area contributed by atoms with E-state index in [2.05, 4.69) is 9.47 Å². The van der Waals surface area contributed by atoms with E-state index in [1.807, 2.05) is 0 Å². The Morgan fingerprint density at radius 1 is 1.05 bits per heavy atom. The lowest BCUT2D eigenvalue weighted by molar-refractivity contribution is 0.0698. The predicted octanol–water partition coefficient (Wildman–Crippen LogP) is 2.26. The molecule has 0 heterocycles. The minimum absolute atomic E-state index is 0.0360. The zero-order valence-corrected chi connectivity index (χ0v) is 9.45. The van der Waals surface area contributed by atoms with Crippen molar-refractivity contribution in [3.05, 3.63) is 35.9 Å². The third-order valence-corrected chi connectivity index (χ3v) is 2.46. The Morgan fingerprint density at radius 2 is 1.74 bits per heavy atom. The number of hydrogen-bond donors (Lipinski definition) is 1. The van der Waals surface area contributed by atoms with Gasteiger partial charge in [0.2, 0.25) is 0 Å². The van der Waals surface area contributed by atoms with Crippen LogP contribution in [0.3, 0.4) is 0 Å². The lowest BCUT2D eigenvalue weighted by Crippen LogP contribution is -1.99. The fraction of sp³-hybridized carbons (Fsp3) is 0. The van der Waals surface area contributed by atoms with Crippen molar-refractivity contribution in [2.75, 3.05) is 0 Å². The van der Waals surface area contributed by atoms with Crippen LogP contribution in [0.25, 0.3) is 10.8 Å². The average Bonchev–Trinajstić information content (AvgIpc) is 2.38. The Bertz CT molecular complexity index is 741. The van der Waals surface area contributed by atoms with Crippen LogP contribution in [-0.4, -0.2) is 11.1 Å². The maximum Gasteiger partial charge on any atom is 0.336 e. The number of rotatable bonds is 3. The SMILES string of the molecule is N#COc1cc(C(=O)O)c2cc(OC#N)ccc2c1. The topological polar surface area (TPSA) is 103 Å². The molecule has 0 aliphatic heterocycles. The predicted molar refractivity (Wildman–Crippen MR) is 63.4 cm³/mol. The molecule has 2 aromatic rings. The first-order valence-electron chi connectivity index (χ1n) is 5.08. The van der Waals surface area contributed by atoms with E-state index in [1.54, 1.807) is 6.07 Å². The van der Waals surface area contributed by atoms with Gasteiger partial charge >= 0.3 is 5.97 Å². The van der Waals surface area contributed by atoms with Crippen molar-refractivity contribution in [2.24, 2.45) is 0 Å². The van der Waals surface area contributed by atoms with Gasteiger partial charge in [-0.2, -0.15) is 0 Å². The molecule has 92 valence electrons. The zero-order valence-electron chi connectivity index (χ0n) is 9.45. The minimum Gasteiger partial charge on any atom is -0.478 e. The number of nitrogens with zero attached hydrogens (tertiary/aromatic N) is 2. The minimum atomic E-state index is -1.16. The van der Waals surface area contributed by atoms with Crippen LogP contribution in [0.5, 0.6) is 11.5 Å². The summed E-state index contributed by atoms with van der Waals surface area (Å²) in [6.07, 6.45) is 3.00. The summed E-state index contributed by atoms with van der Waals surface area (Å²) in [4.78, 5) is 11.2. The number of nitriles is 2. The number of ether oxygens (including phenoxy) is 2. The van der Waals surface area contributed by atoms with Crippen molar-refractivity contribution in [1.82, 2.24) is 0 Å². The van der Waals surface area contributed by atoms with Crippen LogP contribution in [0.15, 0.2) is 30.3 Å². The maximum atomic E-state index is 11.2. The number of aromatic carboxylic acids is 1. The smallest absolute Gasteiger partial charge is 0.336 e. The fourth-order valence-corrected chi connectivity index (χ4v) is 1.71. The largest absolute Gasteiger partial charge is 0.478 e. The van der Waals surface area contributed by atoms with E-state index in [4.69, 9.17) is 15.6 Å². The first-order valence-corrected chi connectivity index (χ1v) is 5.08. The van der Waals surface area contributed by atoms with Gasteiger partial charge in [0, 0.05) is 5.39 Å². The molecule has 0 bridgehead atoms. The van der Waals surface area contributed by atoms with E-state index in [9.17, 15) is 4.79 Å². The summed E-state index contributed by atoms with van der Waals surface area (Å²) in [6, 6.07) is 7.31. The third kappa shape index (κ3) is 2.38. The van der Waals surface area contributed by atoms with Crippen LogP contribution in [0.4, 0.5) is 0 Å². The molecule has 19 heavy (non-hydrogen) atoms. The second-order valence-electron chi connectivity index (χ2n) is 3.55. The molecule has 0 spiro atoms. The van der Waals surface area contributed by atoms with Gasteiger partial charge in [0.05, 0.1) is 5.56 Å². The Kier molecular flexibility index (Phi) is 3.18. The van der Waals surface area contributed by atoms with Gasteiger partial charge in [-0.25, -0.2) is 4.79 Å². The number of carbonyl (C=O) groups is 1. The first kappa shape index (κ1) is 12.2. The molecule has 0 aromatic heterocycles. The van der Waals surface area contributed by atoms with Crippen LogP contribution < -0.4 is 9.47 Å². The van der Waals surface area contributed by atoms with E-state index < -0.39 is 5.97 Å². The van der Waals surface area contributed by atoms with E-state index in [0.29, 0.717) is 10.8 Å². The lowest BCUT2D eigenvalue weighted by atomic mass is 10.0. The first-order chi connectivity index (χ1) is 9.15. The van der Waals surface area contributed by atoms with Crippen molar-refractivity contribution in [3.8, 4) is 24.0 Å². The van der Waals surface area contributed by atoms with Crippen LogP contribution in [-0.2, 0) is 0 Å². The van der Waals surface area contributed by atoms with Crippen LogP contribution in [0.2, 0.25) is 0 Å². The van der Waals surface area contributed by atoms with Crippen molar-refractivity contribution >= 4 is 16.7 Å². The quantitative estimate of drug-likeness (QED) is 0.842. The molecule has 6 nitrogen and oxygen atoms in total. The summed E-state index contributed by atoms with van der Waals surface area (Å²) < 4.78 is 9.30. The van der Waals surface area contributed by atoms with Crippen LogP contribution in [0.1, 0.15) is 10.4 Å². The van der Waals surface area contributed by atoms with Gasteiger partial charge in [-0.1, -0.05) is 6.07 Å². The van der Waals surface area contributed by atoms with E-state index in [1.165, 1.54) is 36.8 Å². The van der Waals surface area contributed by atoms with Crippen molar-refractivity contribution < 1.29 is 19.4 Å². The highest BCUT2D eigenvalue weighted by atomic mass is 16.5. The highest BCUT2D eigenvalue weighted by Crippen LogP contribution is 2.28. The summed E-state index contributed by atoms with van der Waals surface area (Å²) in [5, 5.41) is 27.0. The summed E-state index contributed by atoms with van der Waals surface area (Å²) in [5.74, 6) is -0.782.